The van der Waals surface area contributed by atoms with Crippen LogP contribution in [0.3, 0.4) is 0 Å². The molecule has 0 aliphatic rings. The molecule has 82 valence electrons. The first kappa shape index (κ1) is 10.4. The normalized spacial score (nSPS) is 10.1. The van der Waals surface area contributed by atoms with E-state index < -0.39 is 0 Å². The summed E-state index contributed by atoms with van der Waals surface area (Å²) in [5, 5.41) is 0. The van der Waals surface area contributed by atoms with E-state index in [1.54, 1.807) is 12.4 Å². The largest absolute Gasteiger partial charge is 0.494 e. The Balaban J connectivity index is 2.32. The summed E-state index contributed by atoms with van der Waals surface area (Å²) in [6, 6.07) is 7.74. The van der Waals surface area contributed by atoms with Gasteiger partial charge in [0.2, 0.25) is 0 Å². The van der Waals surface area contributed by atoms with Crippen molar-refractivity contribution in [3.8, 4) is 17.0 Å². The quantitative estimate of drug-likeness (QED) is 0.851. The first-order chi connectivity index (χ1) is 7.79. The lowest BCUT2D eigenvalue weighted by Gasteiger charge is -2.05. The van der Waals surface area contributed by atoms with Gasteiger partial charge in [0.1, 0.15) is 11.6 Å². The number of benzene rings is 1. The predicted molar refractivity (Wildman–Crippen MR) is 63.0 cm³/mol. The van der Waals surface area contributed by atoms with E-state index in [1.807, 2.05) is 31.2 Å². The lowest BCUT2D eigenvalue weighted by molar-refractivity contribution is 0.340. The first-order valence-electron chi connectivity index (χ1n) is 5.10. The van der Waals surface area contributed by atoms with E-state index in [-0.39, 0.29) is 0 Å². The fourth-order valence-corrected chi connectivity index (χ4v) is 1.40. The van der Waals surface area contributed by atoms with Crippen molar-refractivity contribution >= 4 is 5.82 Å². The molecule has 2 aromatic rings. The zero-order valence-electron chi connectivity index (χ0n) is 9.05. The fraction of sp³-hybridized carbons (Fsp3) is 0.167. The van der Waals surface area contributed by atoms with Crippen LogP contribution in [0.2, 0.25) is 0 Å². The maximum atomic E-state index is 5.48. The molecular formula is C12H13N3O. The van der Waals surface area contributed by atoms with Crippen molar-refractivity contribution in [2.24, 2.45) is 0 Å². The maximum absolute atomic E-state index is 5.48. The second-order valence-electron chi connectivity index (χ2n) is 3.29. The summed E-state index contributed by atoms with van der Waals surface area (Å²) in [5.41, 5.74) is 7.24. The molecule has 0 unspecified atom stereocenters. The van der Waals surface area contributed by atoms with E-state index in [1.165, 1.54) is 0 Å². The first-order valence-corrected chi connectivity index (χ1v) is 5.10. The highest BCUT2D eigenvalue weighted by Gasteiger charge is 2.01. The molecule has 2 N–H and O–H groups in total. The SMILES string of the molecule is CCOc1cccc(-c2cnc(N)cn2)c1. The number of ether oxygens (including phenoxy) is 1. The van der Waals surface area contributed by atoms with Crippen LogP contribution >= 0.6 is 0 Å². The lowest BCUT2D eigenvalue weighted by atomic mass is 10.1. The number of hydrogen-bond donors (Lipinski definition) is 1. The molecule has 4 heteroatoms. The Labute approximate surface area is 94.1 Å². The second kappa shape index (κ2) is 4.61. The van der Waals surface area contributed by atoms with Crippen molar-refractivity contribution in [1.29, 1.82) is 0 Å². The second-order valence-corrected chi connectivity index (χ2v) is 3.29. The van der Waals surface area contributed by atoms with E-state index in [0.29, 0.717) is 12.4 Å². The summed E-state index contributed by atoms with van der Waals surface area (Å²) >= 11 is 0. The van der Waals surface area contributed by atoms with Gasteiger partial charge in [-0.1, -0.05) is 12.1 Å². The molecule has 1 aromatic carbocycles. The van der Waals surface area contributed by atoms with Crippen LogP contribution in [0.1, 0.15) is 6.92 Å². The molecule has 16 heavy (non-hydrogen) atoms. The van der Waals surface area contributed by atoms with Crippen LogP contribution < -0.4 is 10.5 Å². The van der Waals surface area contributed by atoms with Gasteiger partial charge in [0.15, 0.2) is 0 Å². The van der Waals surface area contributed by atoms with Crippen LogP contribution in [0.15, 0.2) is 36.7 Å². The molecule has 0 atom stereocenters. The van der Waals surface area contributed by atoms with Crippen molar-refractivity contribution in [2.45, 2.75) is 6.92 Å². The molecular weight excluding hydrogens is 202 g/mol. The Hall–Kier alpha value is -2.10. The van der Waals surface area contributed by atoms with Gasteiger partial charge in [0, 0.05) is 5.56 Å². The molecule has 1 heterocycles. The van der Waals surface area contributed by atoms with E-state index in [2.05, 4.69) is 9.97 Å². The Morgan fingerprint density at radius 2 is 2.12 bits per heavy atom. The van der Waals surface area contributed by atoms with Gasteiger partial charge >= 0.3 is 0 Å². The maximum Gasteiger partial charge on any atom is 0.141 e. The third-order valence-electron chi connectivity index (χ3n) is 2.11. The molecule has 0 amide bonds. The number of hydrogen-bond acceptors (Lipinski definition) is 4. The summed E-state index contributed by atoms with van der Waals surface area (Å²) in [6.45, 7) is 2.60. The van der Waals surface area contributed by atoms with E-state index in [4.69, 9.17) is 10.5 Å². The van der Waals surface area contributed by atoms with Crippen molar-refractivity contribution < 1.29 is 4.74 Å². The van der Waals surface area contributed by atoms with Crippen LogP contribution in [0, 0.1) is 0 Å². The highest BCUT2D eigenvalue weighted by Crippen LogP contribution is 2.21. The van der Waals surface area contributed by atoms with Gasteiger partial charge in [-0.15, -0.1) is 0 Å². The Kier molecular flexibility index (Phi) is 3.00. The molecule has 0 aliphatic heterocycles. The predicted octanol–water partition coefficient (Wildman–Crippen LogP) is 2.12. The molecule has 0 saturated carbocycles. The highest BCUT2D eigenvalue weighted by atomic mass is 16.5. The molecule has 1 aromatic heterocycles. The summed E-state index contributed by atoms with van der Waals surface area (Å²) in [5.74, 6) is 1.25. The minimum Gasteiger partial charge on any atom is -0.494 e. The average molecular weight is 215 g/mol. The zero-order valence-corrected chi connectivity index (χ0v) is 9.05. The third kappa shape index (κ3) is 2.28. The standard InChI is InChI=1S/C12H13N3O/c1-2-16-10-5-3-4-9(6-10)11-7-15-12(13)8-14-11/h3-8H,2H2,1H3,(H2,13,15). The molecule has 0 aliphatic carbocycles. The molecule has 0 radical (unpaired) electrons. The average Bonchev–Trinajstić information content (AvgIpc) is 2.31. The van der Waals surface area contributed by atoms with Gasteiger partial charge < -0.3 is 10.5 Å². The number of rotatable bonds is 3. The minimum absolute atomic E-state index is 0.421. The van der Waals surface area contributed by atoms with Crippen LogP contribution in [0.5, 0.6) is 5.75 Å². The number of nitrogens with zero attached hydrogens (tertiary/aromatic N) is 2. The smallest absolute Gasteiger partial charge is 0.141 e. The Morgan fingerprint density at radius 1 is 1.25 bits per heavy atom. The summed E-state index contributed by atoms with van der Waals surface area (Å²) in [7, 11) is 0. The van der Waals surface area contributed by atoms with Gasteiger partial charge in [-0.2, -0.15) is 0 Å². The topological polar surface area (TPSA) is 61.0 Å². The van der Waals surface area contributed by atoms with Crippen molar-refractivity contribution in [1.82, 2.24) is 9.97 Å². The van der Waals surface area contributed by atoms with E-state index in [0.717, 1.165) is 17.0 Å². The Bertz CT molecular complexity index is 468. The van der Waals surface area contributed by atoms with Crippen LogP contribution in [0.25, 0.3) is 11.3 Å². The van der Waals surface area contributed by atoms with Crippen LogP contribution in [-0.2, 0) is 0 Å². The lowest BCUT2D eigenvalue weighted by Crippen LogP contribution is -1.94. The Morgan fingerprint density at radius 3 is 2.81 bits per heavy atom. The monoisotopic (exact) mass is 215 g/mol. The molecule has 0 saturated heterocycles. The van der Waals surface area contributed by atoms with E-state index in [9.17, 15) is 0 Å². The molecule has 2 rings (SSSR count). The number of aromatic nitrogens is 2. The van der Waals surface area contributed by atoms with Gasteiger partial charge in [-0.3, -0.25) is 4.98 Å². The van der Waals surface area contributed by atoms with E-state index >= 15 is 0 Å². The number of nitrogens with two attached hydrogens (primary N) is 1. The van der Waals surface area contributed by atoms with Gasteiger partial charge in [-0.25, -0.2) is 4.98 Å². The van der Waals surface area contributed by atoms with Gasteiger partial charge in [0.25, 0.3) is 0 Å². The minimum atomic E-state index is 0.421. The molecule has 0 spiro atoms. The summed E-state index contributed by atoms with van der Waals surface area (Å²) < 4.78 is 5.42. The van der Waals surface area contributed by atoms with Crippen molar-refractivity contribution in [3.05, 3.63) is 36.7 Å². The highest BCUT2D eigenvalue weighted by molar-refractivity contribution is 5.60. The van der Waals surface area contributed by atoms with Gasteiger partial charge in [-0.05, 0) is 19.1 Å². The zero-order chi connectivity index (χ0) is 11.4. The fourth-order valence-electron chi connectivity index (χ4n) is 1.40. The number of nitrogen functional groups attached to an aromatic ring is 1. The summed E-state index contributed by atoms with van der Waals surface area (Å²) in [6.07, 6.45) is 3.20. The van der Waals surface area contributed by atoms with Crippen LogP contribution in [-0.4, -0.2) is 16.6 Å². The molecule has 4 nitrogen and oxygen atoms in total. The number of anilines is 1. The van der Waals surface area contributed by atoms with Gasteiger partial charge in [0.05, 0.1) is 24.7 Å². The third-order valence-corrected chi connectivity index (χ3v) is 2.11. The van der Waals surface area contributed by atoms with Crippen LogP contribution in [0.4, 0.5) is 5.82 Å². The summed E-state index contributed by atoms with van der Waals surface area (Å²) in [4.78, 5) is 8.21. The molecule has 0 fully saturated rings. The van der Waals surface area contributed by atoms with Crippen molar-refractivity contribution in [3.63, 3.8) is 0 Å². The molecule has 0 bridgehead atoms. The van der Waals surface area contributed by atoms with Crippen molar-refractivity contribution in [2.75, 3.05) is 12.3 Å².